The molecular formula is C43H49ClF2N6O8S. The highest BCUT2D eigenvalue weighted by atomic mass is 35.5. The van der Waals surface area contributed by atoms with E-state index in [1.807, 2.05) is 12.2 Å². The molecule has 0 spiro atoms. The molecule has 326 valence electrons. The number of hydrogen-bond acceptors (Lipinski definition) is 10. The number of hydrogen-bond donors (Lipinski definition) is 2. The van der Waals surface area contributed by atoms with Crippen molar-refractivity contribution < 1.29 is 45.9 Å². The molecule has 2 saturated heterocycles. The third kappa shape index (κ3) is 9.18. The van der Waals surface area contributed by atoms with E-state index < -0.39 is 80.9 Å². The molecule has 14 nitrogen and oxygen atoms in total. The van der Waals surface area contributed by atoms with Crippen LogP contribution in [0.25, 0.3) is 22.2 Å². The molecule has 2 N–H and O–H groups in total. The van der Waals surface area contributed by atoms with Gasteiger partial charge in [-0.25, -0.2) is 22.2 Å². The molecule has 61 heavy (non-hydrogen) atoms. The maximum atomic E-state index is 14.8. The molecule has 1 aromatic carbocycles. The minimum atomic E-state index is -3.96. The number of amides is 4. The number of ether oxygens (including phenoxy) is 2. The summed E-state index contributed by atoms with van der Waals surface area (Å²) in [7, 11) is -2.46. The van der Waals surface area contributed by atoms with Crippen molar-refractivity contribution in [3.8, 4) is 23.0 Å². The van der Waals surface area contributed by atoms with Gasteiger partial charge in [-0.1, -0.05) is 42.7 Å². The van der Waals surface area contributed by atoms with Gasteiger partial charge in [0.2, 0.25) is 33.6 Å². The summed E-state index contributed by atoms with van der Waals surface area (Å²) in [6, 6.07) is 9.30. The zero-order valence-electron chi connectivity index (χ0n) is 33.8. The van der Waals surface area contributed by atoms with E-state index >= 15 is 0 Å². The molecule has 18 heteroatoms. The number of carbonyl (C=O) groups excluding carboxylic acids is 4. The van der Waals surface area contributed by atoms with Gasteiger partial charge in [0.25, 0.3) is 11.8 Å². The number of carbonyl (C=O) groups is 4. The van der Waals surface area contributed by atoms with Gasteiger partial charge in [0.15, 0.2) is 0 Å². The quantitative estimate of drug-likeness (QED) is 0.258. The first kappa shape index (κ1) is 42.8. The smallest absolute Gasteiger partial charge is 0.265 e. The van der Waals surface area contributed by atoms with Crippen LogP contribution in [0.2, 0.25) is 5.02 Å². The van der Waals surface area contributed by atoms with Crippen molar-refractivity contribution in [3.05, 3.63) is 59.8 Å². The third-order valence-electron chi connectivity index (χ3n) is 12.4. The van der Waals surface area contributed by atoms with Crippen molar-refractivity contribution in [2.75, 3.05) is 26.7 Å². The Labute approximate surface area is 357 Å². The second-order valence-corrected chi connectivity index (χ2v) is 19.2. The Hall–Kier alpha value is -4.90. The van der Waals surface area contributed by atoms with Crippen LogP contribution in [-0.2, 0) is 29.2 Å². The molecule has 2 aromatic heterocycles. The van der Waals surface area contributed by atoms with Crippen LogP contribution >= 0.6 is 11.6 Å². The molecule has 4 fully saturated rings. The van der Waals surface area contributed by atoms with Crippen molar-refractivity contribution >= 4 is 56.0 Å². The molecule has 5 atom stereocenters. The Bertz CT molecular complexity index is 2350. The molecule has 8 rings (SSSR count). The largest absolute Gasteiger partial charge is 0.495 e. The number of nitrogens with zero attached hydrogens (tertiary/aromatic N) is 4. The van der Waals surface area contributed by atoms with E-state index in [2.05, 4.69) is 15.0 Å². The highest BCUT2D eigenvalue weighted by molar-refractivity contribution is 7.91. The minimum Gasteiger partial charge on any atom is -0.495 e. The van der Waals surface area contributed by atoms with Crippen LogP contribution in [0.3, 0.4) is 0 Å². The zero-order chi connectivity index (χ0) is 43.1. The number of pyridine rings is 2. The highest BCUT2D eigenvalue weighted by Gasteiger charge is 2.62. The van der Waals surface area contributed by atoms with E-state index in [9.17, 15) is 36.4 Å². The van der Waals surface area contributed by atoms with Crippen molar-refractivity contribution in [2.24, 2.45) is 11.8 Å². The lowest BCUT2D eigenvalue weighted by molar-refractivity contribution is -0.148. The van der Waals surface area contributed by atoms with Crippen molar-refractivity contribution in [2.45, 2.75) is 106 Å². The van der Waals surface area contributed by atoms with Crippen molar-refractivity contribution in [3.63, 3.8) is 0 Å². The van der Waals surface area contributed by atoms with Gasteiger partial charge in [-0.3, -0.25) is 28.9 Å². The molecule has 5 aliphatic rings. The second kappa shape index (κ2) is 17.1. The van der Waals surface area contributed by atoms with E-state index in [1.54, 1.807) is 42.6 Å². The summed E-state index contributed by atoms with van der Waals surface area (Å²) in [6.45, 7) is -0.689. The fraction of sp³-hybridized carbons (Fsp3) is 0.535. The standard InChI is InChI=1S/C43H49ClF2N6O8S/c1-59-35-16-15-30-31(37(35)44)22-33(32-12-7-8-18-47-32)48-39(30)60-28-21-34-38(54)49-43(41(56)50-61(57,58)29-13-14-29)23-27(43)11-6-4-2-3-5-10-26(40(55)52(34)24-28)20-36(53)51-19-9-17-42(45,46)25-51/h6-8,11-12,15-16,18,22,26-29,34H,2-5,9-10,13-14,17,19-21,23-25H2,1H3,(H,49,54)(H,50,56)/b11-6-/t26-,27-,28-,34+,43-/m1/s1. The maximum Gasteiger partial charge on any atom is 0.265 e. The molecule has 2 aliphatic carbocycles. The van der Waals surface area contributed by atoms with Crippen LogP contribution in [0, 0.1) is 11.8 Å². The zero-order valence-corrected chi connectivity index (χ0v) is 35.4. The summed E-state index contributed by atoms with van der Waals surface area (Å²) >= 11 is 6.82. The number of rotatable bonds is 9. The van der Waals surface area contributed by atoms with Gasteiger partial charge in [-0.15, -0.1) is 0 Å². The van der Waals surface area contributed by atoms with E-state index in [1.165, 1.54) is 12.0 Å². The minimum absolute atomic E-state index is 0.0595. The molecule has 3 aliphatic heterocycles. The van der Waals surface area contributed by atoms with Crippen LogP contribution < -0.4 is 19.5 Å². The molecule has 0 bridgehead atoms. The highest BCUT2D eigenvalue weighted by Crippen LogP contribution is 2.46. The molecule has 5 heterocycles. The van der Waals surface area contributed by atoms with E-state index in [4.69, 9.17) is 26.1 Å². The van der Waals surface area contributed by atoms with E-state index in [0.29, 0.717) is 65.0 Å². The van der Waals surface area contributed by atoms with E-state index in [-0.39, 0.29) is 57.5 Å². The first-order valence-corrected chi connectivity index (χ1v) is 22.9. The Balaban J connectivity index is 1.14. The molecule has 3 aromatic rings. The lowest BCUT2D eigenvalue weighted by atomic mass is 9.94. The average Bonchev–Trinajstić information content (AvgIpc) is 4.16. The number of halogens is 3. The Morgan fingerprint density at radius 2 is 1.87 bits per heavy atom. The van der Waals surface area contributed by atoms with Gasteiger partial charge in [0, 0.05) is 54.6 Å². The van der Waals surface area contributed by atoms with Crippen LogP contribution in [0.15, 0.2) is 54.7 Å². The van der Waals surface area contributed by atoms with Gasteiger partial charge in [0.1, 0.15) is 23.4 Å². The summed E-state index contributed by atoms with van der Waals surface area (Å²) in [4.78, 5) is 68.7. The summed E-state index contributed by atoms with van der Waals surface area (Å²) in [5.41, 5.74) is -0.618. The number of alkyl halides is 2. The number of likely N-dealkylation sites (tertiary alicyclic amines) is 1. The van der Waals surface area contributed by atoms with Gasteiger partial charge in [-0.2, -0.15) is 0 Å². The van der Waals surface area contributed by atoms with Crippen molar-refractivity contribution in [1.82, 2.24) is 29.8 Å². The van der Waals surface area contributed by atoms with Gasteiger partial charge >= 0.3 is 0 Å². The summed E-state index contributed by atoms with van der Waals surface area (Å²) in [5, 5.41) is 3.56. The Morgan fingerprint density at radius 1 is 1.05 bits per heavy atom. The fourth-order valence-electron chi connectivity index (χ4n) is 8.79. The summed E-state index contributed by atoms with van der Waals surface area (Å²) < 4.78 is 69.1. The lowest BCUT2D eigenvalue weighted by Gasteiger charge is -2.34. The maximum absolute atomic E-state index is 14.8. The van der Waals surface area contributed by atoms with Crippen LogP contribution in [0.5, 0.6) is 11.6 Å². The fourth-order valence-corrected chi connectivity index (χ4v) is 10.4. The monoisotopic (exact) mass is 882 g/mol. The predicted octanol–water partition coefficient (Wildman–Crippen LogP) is 5.57. The predicted molar refractivity (Wildman–Crippen MR) is 221 cm³/mol. The third-order valence-corrected chi connectivity index (χ3v) is 14.6. The topological polar surface area (TPSA) is 177 Å². The molecule has 2 saturated carbocycles. The lowest BCUT2D eigenvalue weighted by Crippen LogP contribution is -2.57. The SMILES string of the molecule is COc1ccc2c(O[C@@H]3C[C@H]4C(=O)N[C@]5(C(=O)NS(=O)(=O)C6CC6)C[C@H]5/C=C\CCCCC[C@H](CC(=O)N5CCCC(F)(F)C5)C(=O)N4C3)nc(-c3ccccn3)cc2c1Cl. The average molecular weight is 883 g/mol. The Kier molecular flexibility index (Phi) is 12.0. The summed E-state index contributed by atoms with van der Waals surface area (Å²) in [5.74, 6) is -6.52. The van der Waals surface area contributed by atoms with Gasteiger partial charge < -0.3 is 24.6 Å². The molecule has 4 amide bonds. The van der Waals surface area contributed by atoms with Crippen LogP contribution in [0.4, 0.5) is 8.78 Å². The number of piperidine rings is 1. The number of benzene rings is 1. The first-order chi connectivity index (χ1) is 29.2. The molecule has 0 unspecified atom stereocenters. The van der Waals surface area contributed by atoms with Crippen molar-refractivity contribution in [1.29, 1.82) is 0 Å². The summed E-state index contributed by atoms with van der Waals surface area (Å²) in [6.07, 6.45) is 7.88. The van der Waals surface area contributed by atoms with Crippen LogP contribution in [-0.4, -0.2) is 107 Å². The van der Waals surface area contributed by atoms with E-state index in [0.717, 1.165) is 11.3 Å². The number of fused-ring (bicyclic) bond motifs is 3. The second-order valence-electron chi connectivity index (χ2n) is 16.9. The van der Waals surface area contributed by atoms with Gasteiger partial charge in [-0.05, 0) is 75.3 Å². The Morgan fingerprint density at radius 3 is 2.61 bits per heavy atom. The molecular weight excluding hydrogens is 834 g/mol. The number of sulfonamides is 1. The normalized spacial score (nSPS) is 27.5. The number of allylic oxidation sites excluding steroid dienone is 1. The number of methoxy groups -OCH3 is 1. The first-order valence-electron chi connectivity index (χ1n) is 20.9. The van der Waals surface area contributed by atoms with Gasteiger partial charge in [0.05, 0.1) is 41.9 Å². The number of aromatic nitrogens is 2. The molecule has 0 radical (unpaired) electrons. The number of nitrogens with one attached hydrogen (secondary N) is 2. The van der Waals surface area contributed by atoms with Crippen LogP contribution in [0.1, 0.15) is 77.0 Å².